The topological polar surface area (TPSA) is 34.2 Å². The third-order valence-electron chi connectivity index (χ3n) is 2.41. The van der Waals surface area contributed by atoms with Gasteiger partial charge in [-0.1, -0.05) is 6.07 Å². The van der Waals surface area contributed by atoms with Crippen LogP contribution < -0.4 is 10.1 Å². The zero-order chi connectivity index (χ0) is 11.4. The molecule has 1 unspecified atom stereocenters. The van der Waals surface area contributed by atoms with E-state index in [-0.39, 0.29) is 6.04 Å². The molecule has 0 amide bonds. The van der Waals surface area contributed by atoms with Crippen LogP contribution in [0.5, 0.6) is 5.75 Å². The summed E-state index contributed by atoms with van der Waals surface area (Å²) in [6.45, 7) is 0. The molecule has 0 aliphatic carbocycles. The number of ether oxygens (including phenoxy) is 1. The summed E-state index contributed by atoms with van der Waals surface area (Å²) in [5, 5.41) is 5.33. The molecule has 0 bridgehead atoms. The van der Waals surface area contributed by atoms with Crippen molar-refractivity contribution in [3.63, 3.8) is 0 Å². The van der Waals surface area contributed by atoms with Crippen LogP contribution in [0.1, 0.15) is 16.6 Å². The zero-order valence-electron chi connectivity index (χ0n) is 9.31. The number of nitrogens with zero attached hydrogens (tertiary/aromatic N) is 1. The van der Waals surface area contributed by atoms with E-state index in [1.54, 1.807) is 24.6 Å². The molecule has 2 aromatic rings. The molecule has 84 valence electrons. The van der Waals surface area contributed by atoms with Crippen LogP contribution in [0.15, 0.2) is 35.8 Å². The second-order valence-corrected chi connectivity index (χ2v) is 4.31. The molecule has 0 radical (unpaired) electrons. The van der Waals surface area contributed by atoms with Crippen molar-refractivity contribution in [2.24, 2.45) is 0 Å². The summed E-state index contributed by atoms with van der Waals surface area (Å²) in [5.41, 5.74) is 0.926. The van der Waals surface area contributed by atoms with Crippen molar-refractivity contribution in [1.82, 2.24) is 10.3 Å². The Balaban J connectivity index is 2.41. The van der Waals surface area contributed by atoms with Crippen molar-refractivity contribution >= 4 is 11.3 Å². The number of hydrogen-bond donors (Lipinski definition) is 1. The van der Waals surface area contributed by atoms with Crippen molar-refractivity contribution in [1.29, 1.82) is 0 Å². The molecule has 0 saturated heterocycles. The van der Waals surface area contributed by atoms with Crippen molar-refractivity contribution in [2.75, 3.05) is 14.2 Å². The Morgan fingerprint density at radius 1 is 1.38 bits per heavy atom. The third kappa shape index (κ3) is 2.08. The van der Waals surface area contributed by atoms with Crippen molar-refractivity contribution < 1.29 is 4.74 Å². The Morgan fingerprint density at radius 2 is 2.25 bits per heavy atom. The van der Waals surface area contributed by atoms with Gasteiger partial charge in [-0.05, 0) is 30.6 Å². The van der Waals surface area contributed by atoms with Crippen LogP contribution in [0.3, 0.4) is 0 Å². The number of rotatable bonds is 4. The van der Waals surface area contributed by atoms with Crippen LogP contribution in [-0.2, 0) is 0 Å². The van der Waals surface area contributed by atoms with Crippen LogP contribution in [0.4, 0.5) is 0 Å². The van der Waals surface area contributed by atoms with Crippen molar-refractivity contribution in [2.45, 2.75) is 6.04 Å². The first kappa shape index (κ1) is 11.1. The molecule has 2 rings (SSSR count). The van der Waals surface area contributed by atoms with Gasteiger partial charge in [0.25, 0.3) is 0 Å². The Hall–Kier alpha value is -1.39. The maximum absolute atomic E-state index is 5.33. The number of methoxy groups -OCH3 is 1. The lowest BCUT2D eigenvalue weighted by Crippen LogP contribution is -2.18. The minimum absolute atomic E-state index is 0.0937. The van der Waals surface area contributed by atoms with E-state index < -0.39 is 0 Å². The Labute approximate surface area is 99.1 Å². The van der Waals surface area contributed by atoms with E-state index in [0.717, 1.165) is 11.4 Å². The molecule has 4 heteroatoms. The first-order chi connectivity index (χ1) is 7.86. The third-order valence-corrected chi connectivity index (χ3v) is 3.35. The lowest BCUT2D eigenvalue weighted by atomic mass is 10.1. The second kappa shape index (κ2) is 5.09. The summed E-state index contributed by atoms with van der Waals surface area (Å²) in [6, 6.07) is 8.04. The smallest absolute Gasteiger partial charge is 0.142 e. The number of pyridine rings is 1. The monoisotopic (exact) mass is 234 g/mol. The molecule has 2 heterocycles. The van der Waals surface area contributed by atoms with E-state index in [4.69, 9.17) is 4.74 Å². The van der Waals surface area contributed by atoms with Crippen LogP contribution in [0.25, 0.3) is 0 Å². The molecule has 3 nitrogen and oxygen atoms in total. The first-order valence-electron chi connectivity index (χ1n) is 5.06. The minimum Gasteiger partial charge on any atom is -0.495 e. The molecule has 0 aliphatic heterocycles. The molecule has 0 saturated carbocycles. The fraction of sp³-hybridized carbons (Fsp3) is 0.250. The van der Waals surface area contributed by atoms with Crippen molar-refractivity contribution in [3.8, 4) is 5.75 Å². The standard InChI is InChI=1S/C12H14N2OS/c1-13-12(10-6-4-8-16-10)11-9(15-2)5-3-7-14-11/h3-8,12-13H,1-2H3. The lowest BCUT2D eigenvalue weighted by molar-refractivity contribution is 0.402. The summed E-state index contributed by atoms with van der Waals surface area (Å²) in [4.78, 5) is 5.63. The lowest BCUT2D eigenvalue weighted by Gasteiger charge is -2.16. The molecule has 0 aliphatic rings. The van der Waals surface area contributed by atoms with Crippen LogP contribution >= 0.6 is 11.3 Å². The van der Waals surface area contributed by atoms with Gasteiger partial charge in [0.05, 0.1) is 13.2 Å². The molecule has 1 N–H and O–H groups in total. The average Bonchev–Trinajstić information content (AvgIpc) is 2.84. The summed E-state index contributed by atoms with van der Waals surface area (Å²) in [6.07, 6.45) is 1.79. The van der Waals surface area contributed by atoms with Gasteiger partial charge in [0.1, 0.15) is 11.4 Å². The number of hydrogen-bond acceptors (Lipinski definition) is 4. The van der Waals surface area contributed by atoms with E-state index in [9.17, 15) is 0 Å². The Kier molecular flexibility index (Phi) is 3.54. The molecule has 2 aromatic heterocycles. The van der Waals surface area contributed by atoms with Crippen molar-refractivity contribution in [3.05, 3.63) is 46.4 Å². The van der Waals surface area contributed by atoms with E-state index in [1.807, 2.05) is 25.2 Å². The van der Waals surface area contributed by atoms with Crippen LogP contribution in [0, 0.1) is 0 Å². The van der Waals surface area contributed by atoms with Gasteiger partial charge in [-0.25, -0.2) is 0 Å². The zero-order valence-corrected chi connectivity index (χ0v) is 10.1. The fourth-order valence-electron chi connectivity index (χ4n) is 1.66. The van der Waals surface area contributed by atoms with Gasteiger partial charge in [-0.3, -0.25) is 4.98 Å². The predicted molar refractivity (Wildman–Crippen MR) is 66.0 cm³/mol. The van der Waals surface area contributed by atoms with Gasteiger partial charge in [0.2, 0.25) is 0 Å². The highest BCUT2D eigenvalue weighted by molar-refractivity contribution is 7.10. The highest BCUT2D eigenvalue weighted by atomic mass is 32.1. The second-order valence-electron chi connectivity index (χ2n) is 3.33. The summed E-state index contributed by atoms with van der Waals surface area (Å²) >= 11 is 1.71. The highest BCUT2D eigenvalue weighted by Crippen LogP contribution is 2.29. The molecule has 0 aromatic carbocycles. The number of nitrogens with one attached hydrogen (secondary N) is 1. The molecular formula is C12H14N2OS. The summed E-state index contributed by atoms with van der Waals surface area (Å²) < 4.78 is 5.33. The minimum atomic E-state index is 0.0937. The normalized spacial score (nSPS) is 12.4. The van der Waals surface area contributed by atoms with Gasteiger partial charge in [0, 0.05) is 11.1 Å². The predicted octanol–water partition coefficient (Wildman–Crippen LogP) is 2.46. The number of aromatic nitrogens is 1. The Morgan fingerprint density at radius 3 is 2.88 bits per heavy atom. The number of thiophene rings is 1. The average molecular weight is 234 g/mol. The van der Waals surface area contributed by atoms with Gasteiger partial charge in [0.15, 0.2) is 0 Å². The Bertz CT molecular complexity index is 442. The molecule has 0 fully saturated rings. The van der Waals surface area contributed by atoms with Gasteiger partial charge in [-0.15, -0.1) is 11.3 Å². The SMILES string of the molecule is CNC(c1cccs1)c1ncccc1OC. The molecular weight excluding hydrogens is 220 g/mol. The maximum atomic E-state index is 5.33. The highest BCUT2D eigenvalue weighted by Gasteiger charge is 2.18. The molecule has 16 heavy (non-hydrogen) atoms. The van der Waals surface area contributed by atoms with Gasteiger partial charge < -0.3 is 10.1 Å². The van der Waals surface area contributed by atoms with E-state index in [0.29, 0.717) is 0 Å². The first-order valence-corrected chi connectivity index (χ1v) is 5.94. The van der Waals surface area contributed by atoms with E-state index >= 15 is 0 Å². The van der Waals surface area contributed by atoms with E-state index in [2.05, 4.69) is 21.7 Å². The largest absolute Gasteiger partial charge is 0.495 e. The summed E-state index contributed by atoms with van der Waals surface area (Å²) in [5.74, 6) is 0.815. The fourth-order valence-corrected chi connectivity index (χ4v) is 2.50. The van der Waals surface area contributed by atoms with Gasteiger partial charge >= 0.3 is 0 Å². The van der Waals surface area contributed by atoms with E-state index in [1.165, 1.54) is 4.88 Å². The molecule has 0 spiro atoms. The molecule has 1 atom stereocenters. The maximum Gasteiger partial charge on any atom is 0.142 e. The quantitative estimate of drug-likeness (QED) is 0.882. The van der Waals surface area contributed by atoms with Crippen LogP contribution in [0.2, 0.25) is 0 Å². The van der Waals surface area contributed by atoms with Gasteiger partial charge in [-0.2, -0.15) is 0 Å². The summed E-state index contributed by atoms with van der Waals surface area (Å²) in [7, 11) is 3.60. The van der Waals surface area contributed by atoms with Crippen LogP contribution in [-0.4, -0.2) is 19.1 Å².